The molecule has 0 amide bonds. The number of carboxylic acids is 1. The Balaban J connectivity index is 1.84. The number of halogens is 1. The molecular weight excluding hydrogens is 510 g/mol. The third-order valence-electron chi connectivity index (χ3n) is 5.66. The molecule has 180 valence electrons. The zero-order valence-corrected chi connectivity index (χ0v) is 21.2. The number of ether oxygens (including phenoxy) is 1. The summed E-state index contributed by atoms with van der Waals surface area (Å²) in [6.07, 6.45) is 3.91. The molecule has 2 aromatic carbocycles. The van der Waals surface area contributed by atoms with Gasteiger partial charge in [0.15, 0.2) is 0 Å². The first-order valence-corrected chi connectivity index (χ1v) is 13.3. The molecule has 10 heteroatoms. The first-order chi connectivity index (χ1) is 15.7. The normalized spacial score (nSPS) is 16.5. The number of hydrogen-bond acceptors (Lipinski definition) is 6. The minimum atomic E-state index is -4.07. The summed E-state index contributed by atoms with van der Waals surface area (Å²) in [5.74, 6) is -1.19. The van der Waals surface area contributed by atoms with Crippen molar-refractivity contribution in [2.75, 3.05) is 36.8 Å². The van der Waals surface area contributed by atoms with Crippen LogP contribution in [-0.2, 0) is 10.0 Å². The van der Waals surface area contributed by atoms with Crippen LogP contribution >= 0.6 is 15.9 Å². The number of para-hydroxylation sites is 1. The van der Waals surface area contributed by atoms with E-state index in [9.17, 15) is 18.3 Å². The third kappa shape index (κ3) is 6.18. The first kappa shape index (κ1) is 25.3. The summed E-state index contributed by atoms with van der Waals surface area (Å²) >= 11 is 3.30. The largest absolute Gasteiger partial charge is 0.491 e. The van der Waals surface area contributed by atoms with Gasteiger partial charge in [0, 0.05) is 12.6 Å². The Morgan fingerprint density at radius 1 is 1.24 bits per heavy atom. The molecule has 2 aromatic rings. The summed E-state index contributed by atoms with van der Waals surface area (Å²) in [5.41, 5.74) is 0.178. The Bertz CT molecular complexity index is 1090. The van der Waals surface area contributed by atoms with Gasteiger partial charge in [0.1, 0.15) is 16.2 Å². The van der Waals surface area contributed by atoms with E-state index in [1.54, 1.807) is 24.3 Å². The fourth-order valence-electron chi connectivity index (χ4n) is 3.96. The number of carbonyl (C=O) groups is 1. The summed E-state index contributed by atoms with van der Waals surface area (Å²) in [7, 11) is -1.96. The molecular formula is C23H30BrN3O5S. The van der Waals surface area contributed by atoms with Crippen molar-refractivity contribution < 1.29 is 23.1 Å². The smallest absolute Gasteiger partial charge is 0.341 e. The van der Waals surface area contributed by atoms with Crippen molar-refractivity contribution in [2.45, 2.75) is 43.5 Å². The first-order valence-electron chi connectivity index (χ1n) is 11.0. The van der Waals surface area contributed by atoms with Gasteiger partial charge in [-0.1, -0.05) is 19.1 Å². The van der Waals surface area contributed by atoms with Gasteiger partial charge in [0.05, 0.1) is 22.5 Å². The van der Waals surface area contributed by atoms with Crippen molar-refractivity contribution in [1.29, 1.82) is 0 Å². The quantitative estimate of drug-likeness (QED) is 0.381. The van der Waals surface area contributed by atoms with Crippen molar-refractivity contribution in [2.24, 2.45) is 0 Å². The fraction of sp³-hybridized carbons (Fsp3) is 0.435. The lowest BCUT2D eigenvalue weighted by Crippen LogP contribution is -2.27. The van der Waals surface area contributed by atoms with E-state index < -0.39 is 16.0 Å². The van der Waals surface area contributed by atoms with Crippen LogP contribution in [0, 0.1) is 0 Å². The molecule has 0 bridgehead atoms. The molecule has 1 fully saturated rings. The lowest BCUT2D eigenvalue weighted by Gasteiger charge is -2.20. The summed E-state index contributed by atoms with van der Waals surface area (Å²) in [6.45, 7) is 3.92. The summed E-state index contributed by atoms with van der Waals surface area (Å²) in [6, 6.07) is 10.1. The highest BCUT2D eigenvalue weighted by Gasteiger charge is 2.26. The molecule has 3 N–H and O–H groups in total. The van der Waals surface area contributed by atoms with E-state index in [4.69, 9.17) is 4.74 Å². The van der Waals surface area contributed by atoms with E-state index >= 15 is 0 Å². The van der Waals surface area contributed by atoms with Gasteiger partial charge in [-0.3, -0.25) is 4.72 Å². The minimum absolute atomic E-state index is 0.0556. The second-order valence-electron chi connectivity index (χ2n) is 8.05. The number of likely N-dealkylation sites (tertiary alicyclic amines) is 1. The number of anilines is 2. The number of nitrogens with zero attached hydrogens (tertiary/aromatic N) is 1. The second kappa shape index (κ2) is 11.2. The maximum absolute atomic E-state index is 13.3. The Morgan fingerprint density at radius 3 is 2.67 bits per heavy atom. The molecule has 1 aliphatic rings. The molecule has 0 radical (unpaired) electrons. The molecule has 1 aliphatic heterocycles. The van der Waals surface area contributed by atoms with Crippen LogP contribution in [0.5, 0.6) is 5.75 Å². The van der Waals surface area contributed by atoms with Crippen LogP contribution in [0.25, 0.3) is 0 Å². The highest BCUT2D eigenvalue weighted by Crippen LogP contribution is 2.36. The van der Waals surface area contributed by atoms with E-state index in [0.717, 1.165) is 19.4 Å². The molecule has 1 unspecified atom stereocenters. The van der Waals surface area contributed by atoms with Crippen LogP contribution in [0.15, 0.2) is 45.8 Å². The lowest BCUT2D eigenvalue weighted by molar-refractivity contribution is 0.0693. The molecule has 0 spiro atoms. The highest BCUT2D eigenvalue weighted by molar-refractivity contribution is 9.10. The van der Waals surface area contributed by atoms with Crippen molar-refractivity contribution >= 4 is 43.3 Å². The number of sulfonamides is 1. The number of rotatable bonds is 11. The molecule has 1 heterocycles. The maximum atomic E-state index is 13.3. The van der Waals surface area contributed by atoms with Crippen molar-refractivity contribution in [1.82, 2.24) is 4.90 Å². The van der Waals surface area contributed by atoms with E-state index in [1.165, 1.54) is 18.6 Å². The van der Waals surface area contributed by atoms with Gasteiger partial charge in [-0.05, 0) is 79.5 Å². The van der Waals surface area contributed by atoms with Crippen LogP contribution in [0.2, 0.25) is 0 Å². The van der Waals surface area contributed by atoms with Crippen LogP contribution < -0.4 is 14.8 Å². The molecule has 0 aromatic heterocycles. The minimum Gasteiger partial charge on any atom is -0.491 e. The monoisotopic (exact) mass is 539 g/mol. The van der Waals surface area contributed by atoms with Gasteiger partial charge in [0.25, 0.3) is 10.0 Å². The van der Waals surface area contributed by atoms with Gasteiger partial charge in [-0.15, -0.1) is 0 Å². The standard InChI is InChI=1S/C23H30BrN3O5S/c1-3-15-32-22-17(24)10-11-19(21(22)23(28)29)26-33(30,31)20-9-5-4-8-18(20)25-13-12-16-7-6-14-27(16)2/h4-5,8-11,16,25-26H,3,6-7,12-15H2,1-2H3,(H,28,29). The molecule has 1 saturated heterocycles. The second-order valence-corrected chi connectivity index (χ2v) is 10.6. The van der Waals surface area contributed by atoms with Gasteiger partial charge >= 0.3 is 5.97 Å². The zero-order valence-electron chi connectivity index (χ0n) is 18.8. The summed E-state index contributed by atoms with van der Waals surface area (Å²) < 4.78 is 35.0. The maximum Gasteiger partial charge on any atom is 0.341 e. The molecule has 0 aliphatic carbocycles. The van der Waals surface area contributed by atoms with E-state index in [0.29, 0.717) is 35.8 Å². The Labute approximate surface area is 203 Å². The summed E-state index contributed by atoms with van der Waals surface area (Å²) in [4.78, 5) is 14.4. The van der Waals surface area contributed by atoms with Crippen LogP contribution in [0.3, 0.4) is 0 Å². The fourth-order valence-corrected chi connectivity index (χ4v) is 5.67. The third-order valence-corrected chi connectivity index (χ3v) is 7.71. The number of aromatic carboxylic acids is 1. The molecule has 8 nitrogen and oxygen atoms in total. The number of benzene rings is 2. The Kier molecular flexibility index (Phi) is 8.61. The predicted octanol–water partition coefficient (Wildman–Crippen LogP) is 4.63. The van der Waals surface area contributed by atoms with E-state index in [1.807, 2.05) is 6.92 Å². The van der Waals surface area contributed by atoms with Gasteiger partial charge < -0.3 is 20.1 Å². The average Bonchev–Trinajstić information content (AvgIpc) is 3.18. The van der Waals surface area contributed by atoms with Crippen LogP contribution in [-0.4, -0.2) is 57.2 Å². The SMILES string of the molecule is CCCOc1c(Br)ccc(NS(=O)(=O)c2ccccc2NCCC2CCCN2C)c1C(=O)O. The van der Waals surface area contributed by atoms with Gasteiger partial charge in [-0.2, -0.15) is 0 Å². The number of nitrogens with one attached hydrogen (secondary N) is 2. The lowest BCUT2D eigenvalue weighted by atomic mass is 10.1. The Morgan fingerprint density at radius 2 is 2.00 bits per heavy atom. The molecule has 33 heavy (non-hydrogen) atoms. The van der Waals surface area contributed by atoms with Crippen molar-refractivity contribution in [3.63, 3.8) is 0 Å². The van der Waals surface area contributed by atoms with Gasteiger partial charge in [-0.25, -0.2) is 13.2 Å². The molecule has 3 rings (SSSR count). The molecule has 1 atom stereocenters. The highest BCUT2D eigenvalue weighted by atomic mass is 79.9. The molecule has 0 saturated carbocycles. The zero-order chi connectivity index (χ0) is 24.0. The van der Waals surface area contributed by atoms with E-state index in [-0.39, 0.29) is 21.9 Å². The Hall–Kier alpha value is -2.30. The average molecular weight is 540 g/mol. The predicted molar refractivity (Wildman–Crippen MR) is 133 cm³/mol. The van der Waals surface area contributed by atoms with Gasteiger partial charge in [0.2, 0.25) is 0 Å². The number of carboxylic acid groups (broad SMARTS) is 1. The van der Waals surface area contributed by atoms with E-state index in [2.05, 4.69) is 37.9 Å². The van der Waals surface area contributed by atoms with Crippen LogP contribution in [0.4, 0.5) is 11.4 Å². The van der Waals surface area contributed by atoms with Crippen molar-refractivity contribution in [3.8, 4) is 5.75 Å². The van der Waals surface area contributed by atoms with Crippen molar-refractivity contribution in [3.05, 3.63) is 46.4 Å². The number of hydrogen-bond donors (Lipinski definition) is 3. The van der Waals surface area contributed by atoms with Crippen LogP contribution in [0.1, 0.15) is 43.0 Å². The topological polar surface area (TPSA) is 108 Å². The summed E-state index contributed by atoms with van der Waals surface area (Å²) in [5, 5.41) is 13.0.